The van der Waals surface area contributed by atoms with Gasteiger partial charge in [0.05, 0.1) is 5.69 Å². The fourth-order valence-electron chi connectivity index (χ4n) is 5.56. The van der Waals surface area contributed by atoms with Gasteiger partial charge < -0.3 is 10.6 Å². The van der Waals surface area contributed by atoms with E-state index in [2.05, 4.69) is 49.8 Å². The second-order valence-electron chi connectivity index (χ2n) is 11.2. The van der Waals surface area contributed by atoms with Crippen LogP contribution in [0.3, 0.4) is 0 Å². The number of fused-ring (bicyclic) bond motifs is 1. The molecule has 5 aromatic rings. The number of hydrogen-bond donors (Lipinski definition) is 2. The minimum absolute atomic E-state index is 0.148. The maximum Gasteiger partial charge on any atom is 0.271 e. The first-order chi connectivity index (χ1) is 21.1. The Labute approximate surface area is 249 Å². The zero-order valence-electron chi connectivity index (χ0n) is 23.6. The zero-order chi connectivity index (χ0) is 29.2. The number of nitrogens with zero attached hydrogens (tertiary/aromatic N) is 7. The summed E-state index contributed by atoms with van der Waals surface area (Å²) in [6.07, 6.45) is 5.67. The van der Waals surface area contributed by atoms with E-state index in [-0.39, 0.29) is 17.8 Å². The summed E-state index contributed by atoms with van der Waals surface area (Å²) in [6.45, 7) is 2.82. The molecule has 1 saturated carbocycles. The van der Waals surface area contributed by atoms with Gasteiger partial charge in [-0.05, 0) is 49.4 Å². The molecule has 0 radical (unpaired) electrons. The molecule has 0 spiro atoms. The molecule has 3 aromatic heterocycles. The summed E-state index contributed by atoms with van der Waals surface area (Å²) >= 11 is 0. The van der Waals surface area contributed by atoms with Gasteiger partial charge in [-0.25, -0.2) is 19.5 Å². The molecule has 0 atom stereocenters. The van der Waals surface area contributed by atoms with Crippen molar-refractivity contribution in [2.75, 3.05) is 18.4 Å². The van der Waals surface area contributed by atoms with Crippen molar-refractivity contribution >= 4 is 17.4 Å². The van der Waals surface area contributed by atoms with E-state index in [9.17, 15) is 4.79 Å². The van der Waals surface area contributed by atoms with E-state index < -0.39 is 0 Å². The molecule has 2 aromatic carbocycles. The lowest BCUT2D eigenvalue weighted by molar-refractivity contribution is 0.0945. The van der Waals surface area contributed by atoms with Crippen LogP contribution in [-0.4, -0.2) is 60.5 Å². The summed E-state index contributed by atoms with van der Waals surface area (Å²) in [5, 5.41) is 20.3. The normalized spacial score (nSPS) is 15.7. The Morgan fingerprint density at radius 2 is 1.67 bits per heavy atom. The number of imidazole rings is 1. The number of hydrogen-bond acceptors (Lipinski definition) is 8. The van der Waals surface area contributed by atoms with Crippen LogP contribution >= 0.6 is 0 Å². The lowest BCUT2D eigenvalue weighted by Crippen LogP contribution is -2.38. The van der Waals surface area contributed by atoms with Crippen LogP contribution in [0.4, 0.5) is 5.82 Å². The zero-order valence-corrected chi connectivity index (χ0v) is 23.6. The first kappa shape index (κ1) is 26.7. The summed E-state index contributed by atoms with van der Waals surface area (Å²) in [4.78, 5) is 28.4. The van der Waals surface area contributed by atoms with E-state index in [0.29, 0.717) is 23.2 Å². The highest BCUT2D eigenvalue weighted by atomic mass is 16.2. The largest absolute Gasteiger partial charge is 0.367 e. The van der Waals surface area contributed by atoms with Gasteiger partial charge in [-0.15, -0.1) is 0 Å². The summed E-state index contributed by atoms with van der Waals surface area (Å²) in [7, 11) is 0. The lowest BCUT2D eigenvalue weighted by Gasteiger charge is -2.32. The van der Waals surface area contributed by atoms with Gasteiger partial charge in [0.25, 0.3) is 5.91 Å². The van der Waals surface area contributed by atoms with Crippen LogP contribution in [0, 0.1) is 11.3 Å². The number of aromatic nitrogens is 5. The summed E-state index contributed by atoms with van der Waals surface area (Å²) < 4.78 is 1.79. The third kappa shape index (κ3) is 5.94. The molecule has 10 heteroatoms. The first-order valence-corrected chi connectivity index (χ1v) is 14.7. The van der Waals surface area contributed by atoms with Gasteiger partial charge in [-0.3, -0.25) is 9.69 Å². The number of carbonyl (C=O) groups is 1. The van der Waals surface area contributed by atoms with Gasteiger partial charge in [-0.2, -0.15) is 10.4 Å². The van der Waals surface area contributed by atoms with Crippen LogP contribution in [-0.2, 0) is 6.54 Å². The molecule has 0 bridgehead atoms. The summed E-state index contributed by atoms with van der Waals surface area (Å²) in [6, 6.07) is 26.7. The molecule has 1 aliphatic carbocycles. The number of benzene rings is 2. The highest BCUT2D eigenvalue weighted by molar-refractivity contribution is 5.93. The van der Waals surface area contributed by atoms with Gasteiger partial charge in [0.1, 0.15) is 23.3 Å². The second kappa shape index (κ2) is 11.6. The van der Waals surface area contributed by atoms with E-state index >= 15 is 0 Å². The minimum Gasteiger partial charge on any atom is -0.367 e. The van der Waals surface area contributed by atoms with Crippen molar-refractivity contribution in [3.63, 3.8) is 0 Å². The number of likely N-dealkylation sites (tertiary alicyclic amines) is 1. The number of piperidine rings is 1. The summed E-state index contributed by atoms with van der Waals surface area (Å²) in [5.41, 5.74) is 6.02. The van der Waals surface area contributed by atoms with Crippen LogP contribution in [0.25, 0.3) is 28.2 Å². The van der Waals surface area contributed by atoms with Gasteiger partial charge >= 0.3 is 0 Å². The molecule has 1 amide bonds. The second-order valence-corrected chi connectivity index (χ2v) is 11.2. The number of carbonyl (C=O) groups excluding carboxylic acids is 1. The van der Waals surface area contributed by atoms with Crippen molar-refractivity contribution in [3.05, 3.63) is 96.1 Å². The van der Waals surface area contributed by atoms with Crippen molar-refractivity contribution in [2.45, 2.75) is 44.3 Å². The molecular formula is C33H31N9O. The number of nitrogens with one attached hydrogen (secondary N) is 2. The number of amides is 1. The van der Waals surface area contributed by atoms with Crippen molar-refractivity contribution in [1.29, 1.82) is 5.26 Å². The van der Waals surface area contributed by atoms with E-state index in [1.165, 1.54) is 5.56 Å². The SMILES string of the molecule is N#Cc1nccc(NC2CCN(Cc3ccc(-c4nc5ccc(C(=O)NC6CC6)nn5c4-c4ccccc4)cc3)CC2)n1. The molecule has 1 saturated heterocycles. The molecule has 4 heterocycles. The Morgan fingerprint density at radius 3 is 2.42 bits per heavy atom. The van der Waals surface area contributed by atoms with Crippen molar-refractivity contribution in [2.24, 2.45) is 0 Å². The van der Waals surface area contributed by atoms with Crippen LogP contribution in [0.1, 0.15) is 47.6 Å². The van der Waals surface area contributed by atoms with Crippen molar-refractivity contribution < 1.29 is 4.79 Å². The smallest absolute Gasteiger partial charge is 0.271 e. The molecule has 214 valence electrons. The molecule has 43 heavy (non-hydrogen) atoms. The van der Waals surface area contributed by atoms with E-state index in [1.807, 2.05) is 48.5 Å². The predicted octanol–water partition coefficient (Wildman–Crippen LogP) is 4.69. The average Bonchev–Trinajstić information content (AvgIpc) is 3.79. The predicted molar refractivity (Wildman–Crippen MR) is 163 cm³/mol. The van der Waals surface area contributed by atoms with Gasteiger partial charge in [0, 0.05) is 49.0 Å². The molecular weight excluding hydrogens is 538 g/mol. The topological polar surface area (TPSA) is 124 Å². The van der Waals surface area contributed by atoms with E-state index in [4.69, 9.17) is 15.3 Å². The van der Waals surface area contributed by atoms with Crippen molar-refractivity contribution in [1.82, 2.24) is 34.8 Å². The highest BCUT2D eigenvalue weighted by Gasteiger charge is 2.25. The highest BCUT2D eigenvalue weighted by Crippen LogP contribution is 2.33. The number of anilines is 1. The minimum atomic E-state index is -0.148. The Balaban J connectivity index is 1.07. The van der Waals surface area contributed by atoms with Gasteiger partial charge in [0.2, 0.25) is 5.82 Å². The standard InChI is InChI=1S/C33H31N9O/c34-20-29-35-17-14-28(38-29)36-26-15-18-41(19-16-26)21-22-6-8-23(9-7-22)31-32(24-4-2-1-3-5-24)42-30(39-31)13-12-27(40-42)33(43)37-25-10-11-25/h1-9,12-14,17,25-26H,10-11,15-16,18-19,21H2,(H,37,43)(H,35,36,38). The average molecular weight is 570 g/mol. The Bertz CT molecular complexity index is 1800. The Hall–Kier alpha value is -5.14. The molecule has 2 N–H and O–H groups in total. The van der Waals surface area contributed by atoms with Gasteiger partial charge in [-0.1, -0.05) is 54.6 Å². The maximum absolute atomic E-state index is 12.8. The van der Waals surface area contributed by atoms with Crippen LogP contribution < -0.4 is 10.6 Å². The van der Waals surface area contributed by atoms with Gasteiger partial charge in [0.15, 0.2) is 5.65 Å². The molecule has 10 nitrogen and oxygen atoms in total. The number of rotatable bonds is 8. The third-order valence-electron chi connectivity index (χ3n) is 8.00. The molecule has 1 aliphatic heterocycles. The maximum atomic E-state index is 12.8. The van der Waals surface area contributed by atoms with E-state index in [1.54, 1.807) is 16.8 Å². The number of nitriles is 1. The van der Waals surface area contributed by atoms with Crippen LogP contribution in [0.5, 0.6) is 0 Å². The third-order valence-corrected chi connectivity index (χ3v) is 8.00. The quantitative estimate of drug-likeness (QED) is 0.276. The monoisotopic (exact) mass is 569 g/mol. The Morgan fingerprint density at radius 1 is 0.884 bits per heavy atom. The summed E-state index contributed by atoms with van der Waals surface area (Å²) in [5.74, 6) is 0.739. The van der Waals surface area contributed by atoms with E-state index in [0.717, 1.165) is 67.8 Å². The van der Waals surface area contributed by atoms with Crippen LogP contribution in [0.15, 0.2) is 79.0 Å². The molecule has 2 fully saturated rings. The molecule has 7 rings (SSSR count). The molecule has 0 unspecified atom stereocenters. The Kier molecular flexibility index (Phi) is 7.23. The first-order valence-electron chi connectivity index (χ1n) is 14.7. The lowest BCUT2D eigenvalue weighted by atomic mass is 10.0. The molecule has 2 aliphatic rings. The van der Waals surface area contributed by atoms with Crippen molar-refractivity contribution in [3.8, 4) is 28.6 Å². The fourth-order valence-corrected chi connectivity index (χ4v) is 5.56. The van der Waals surface area contributed by atoms with Crippen LogP contribution in [0.2, 0.25) is 0 Å². The fraction of sp³-hybridized carbons (Fsp3) is 0.273.